The molecule has 0 saturated heterocycles. The number of thiol groups is 1. The number of hydrogen-bond donors (Lipinski definition) is 3. The summed E-state index contributed by atoms with van der Waals surface area (Å²) in [7, 11) is 0. The molecule has 1 atom stereocenters. The molecule has 40 valence electrons. The second kappa shape index (κ2) is 5.56. The van der Waals surface area contributed by atoms with Gasteiger partial charge in [0.25, 0.3) is 0 Å². The summed E-state index contributed by atoms with van der Waals surface area (Å²) in [6, 6.07) is 0. The molecule has 0 fully saturated rings. The smallest absolute Gasteiger partial charge is 0.109 e. The van der Waals surface area contributed by atoms with Crippen LogP contribution >= 0.6 is 25.0 Å². The molecule has 4 heteroatoms. The largest absolute Gasteiger partial charge is 0.381 e. The van der Waals surface area contributed by atoms with Crippen LogP contribution in [0, 0.1) is 0 Å². The Kier molecular flexibility index (Phi) is 9.04. The SMILES string of the molecule is Cl.NCC(O)S. The fraction of sp³-hybridized carbons (Fsp3) is 1.00. The normalized spacial score (nSPS) is 12.5. The van der Waals surface area contributed by atoms with Crippen molar-refractivity contribution in [2.75, 3.05) is 6.54 Å². The number of nitrogens with two attached hydrogens (primary N) is 1. The molecule has 6 heavy (non-hydrogen) atoms. The van der Waals surface area contributed by atoms with Crippen LogP contribution in [0.3, 0.4) is 0 Å². The Morgan fingerprint density at radius 2 is 2.00 bits per heavy atom. The van der Waals surface area contributed by atoms with Crippen LogP contribution in [0.15, 0.2) is 0 Å². The third-order valence-corrected chi connectivity index (χ3v) is 0.422. The Balaban J connectivity index is 0. The first-order chi connectivity index (χ1) is 2.27. The zero-order valence-corrected chi connectivity index (χ0v) is 4.88. The van der Waals surface area contributed by atoms with Gasteiger partial charge in [-0.25, -0.2) is 0 Å². The van der Waals surface area contributed by atoms with Gasteiger partial charge in [0.15, 0.2) is 0 Å². The van der Waals surface area contributed by atoms with Crippen molar-refractivity contribution in [3.8, 4) is 0 Å². The summed E-state index contributed by atoms with van der Waals surface area (Å²) in [4.78, 5) is 0. The van der Waals surface area contributed by atoms with E-state index in [2.05, 4.69) is 12.6 Å². The molecule has 0 aliphatic heterocycles. The van der Waals surface area contributed by atoms with Crippen LogP contribution in [0.4, 0.5) is 0 Å². The van der Waals surface area contributed by atoms with Gasteiger partial charge in [0.05, 0.1) is 0 Å². The van der Waals surface area contributed by atoms with E-state index in [9.17, 15) is 0 Å². The van der Waals surface area contributed by atoms with Gasteiger partial charge in [-0.05, 0) is 0 Å². The minimum Gasteiger partial charge on any atom is -0.381 e. The summed E-state index contributed by atoms with van der Waals surface area (Å²) in [6.45, 7) is 0.225. The van der Waals surface area contributed by atoms with Crippen LogP contribution in [0.1, 0.15) is 0 Å². The van der Waals surface area contributed by atoms with Crippen LogP contribution in [-0.2, 0) is 0 Å². The summed E-state index contributed by atoms with van der Waals surface area (Å²) in [6.07, 6.45) is 0. The van der Waals surface area contributed by atoms with E-state index in [1.807, 2.05) is 0 Å². The van der Waals surface area contributed by atoms with E-state index in [0.717, 1.165) is 0 Å². The molecule has 0 radical (unpaired) electrons. The van der Waals surface area contributed by atoms with Crippen LogP contribution in [-0.4, -0.2) is 17.1 Å². The van der Waals surface area contributed by atoms with Gasteiger partial charge in [0.1, 0.15) is 5.44 Å². The first kappa shape index (κ1) is 9.75. The Bertz CT molecular complexity index is 27.5. The van der Waals surface area contributed by atoms with Gasteiger partial charge >= 0.3 is 0 Å². The van der Waals surface area contributed by atoms with Crippen molar-refractivity contribution < 1.29 is 5.11 Å². The van der Waals surface area contributed by atoms with Crippen molar-refractivity contribution >= 4 is 25.0 Å². The lowest BCUT2D eigenvalue weighted by molar-refractivity contribution is 0.273. The molecule has 2 nitrogen and oxygen atoms in total. The average molecular weight is 130 g/mol. The molecule has 0 aromatic heterocycles. The van der Waals surface area contributed by atoms with Crippen LogP contribution < -0.4 is 5.73 Å². The molecule has 0 bridgehead atoms. The second-order valence-electron chi connectivity index (χ2n) is 0.716. The fourth-order valence-corrected chi connectivity index (χ4v) is 0. The minimum atomic E-state index is -0.644. The van der Waals surface area contributed by atoms with Gasteiger partial charge in [-0.15, -0.1) is 25.0 Å². The Hall–Kier alpha value is 0.560. The van der Waals surface area contributed by atoms with E-state index >= 15 is 0 Å². The predicted molar refractivity (Wildman–Crippen MR) is 31.3 cm³/mol. The molecular formula is C2H8ClNOS. The standard InChI is InChI=1S/C2H7NOS.ClH/c3-1-2(4)5;/h2,4-5H,1,3H2;1H. The van der Waals surface area contributed by atoms with Crippen molar-refractivity contribution in [3.63, 3.8) is 0 Å². The number of rotatable bonds is 1. The molecule has 3 N–H and O–H groups in total. The molecule has 0 aromatic carbocycles. The summed E-state index contributed by atoms with van der Waals surface area (Å²) in [5, 5.41) is 8.10. The zero-order chi connectivity index (χ0) is 4.28. The monoisotopic (exact) mass is 129 g/mol. The highest BCUT2D eigenvalue weighted by atomic mass is 35.5. The number of hydrogen-bond acceptors (Lipinski definition) is 3. The number of aliphatic hydroxyl groups excluding tert-OH is 1. The van der Waals surface area contributed by atoms with Crippen molar-refractivity contribution in [1.82, 2.24) is 0 Å². The maximum atomic E-state index is 8.10. The molecule has 0 rings (SSSR count). The quantitative estimate of drug-likeness (QED) is 0.334. The minimum absolute atomic E-state index is 0. The lowest BCUT2D eigenvalue weighted by Gasteiger charge is -1.90. The van der Waals surface area contributed by atoms with Gasteiger partial charge in [-0.2, -0.15) is 0 Å². The maximum absolute atomic E-state index is 8.10. The average Bonchev–Trinajstić information content (AvgIpc) is 1.38. The van der Waals surface area contributed by atoms with E-state index in [-0.39, 0.29) is 19.0 Å². The van der Waals surface area contributed by atoms with Gasteiger partial charge in [0.2, 0.25) is 0 Å². The molecule has 0 saturated carbocycles. The van der Waals surface area contributed by atoms with Crippen molar-refractivity contribution in [3.05, 3.63) is 0 Å². The summed E-state index contributed by atoms with van der Waals surface area (Å²) in [5.74, 6) is 0. The second-order valence-corrected chi connectivity index (χ2v) is 1.31. The summed E-state index contributed by atoms with van der Waals surface area (Å²) >= 11 is 3.53. The van der Waals surface area contributed by atoms with E-state index in [0.29, 0.717) is 0 Å². The van der Waals surface area contributed by atoms with E-state index < -0.39 is 5.44 Å². The topological polar surface area (TPSA) is 46.2 Å². The van der Waals surface area contributed by atoms with E-state index in [1.54, 1.807) is 0 Å². The Morgan fingerprint density at radius 1 is 1.83 bits per heavy atom. The summed E-state index contributed by atoms with van der Waals surface area (Å²) < 4.78 is 0. The van der Waals surface area contributed by atoms with Crippen LogP contribution in [0.25, 0.3) is 0 Å². The highest BCUT2D eigenvalue weighted by Gasteiger charge is 1.82. The summed E-state index contributed by atoms with van der Waals surface area (Å²) in [5.41, 5.74) is 4.20. The van der Waals surface area contributed by atoms with Gasteiger partial charge in [-0.3, -0.25) is 0 Å². The molecule has 0 spiro atoms. The number of aliphatic hydroxyl groups is 1. The van der Waals surface area contributed by atoms with Gasteiger partial charge in [-0.1, -0.05) is 0 Å². The first-order valence-corrected chi connectivity index (χ1v) is 1.85. The third-order valence-electron chi connectivity index (χ3n) is 0.211. The molecule has 0 heterocycles. The fourth-order valence-electron chi connectivity index (χ4n) is 0. The van der Waals surface area contributed by atoms with E-state index in [4.69, 9.17) is 10.8 Å². The lowest BCUT2D eigenvalue weighted by Crippen LogP contribution is -2.11. The number of halogens is 1. The maximum Gasteiger partial charge on any atom is 0.109 e. The van der Waals surface area contributed by atoms with Gasteiger partial charge < -0.3 is 10.8 Å². The zero-order valence-electron chi connectivity index (χ0n) is 3.16. The molecule has 1 unspecified atom stereocenters. The highest BCUT2D eigenvalue weighted by molar-refractivity contribution is 7.80. The molecule has 0 aliphatic rings. The first-order valence-electron chi connectivity index (χ1n) is 1.33. The van der Waals surface area contributed by atoms with Crippen molar-refractivity contribution in [2.45, 2.75) is 5.44 Å². The van der Waals surface area contributed by atoms with Crippen LogP contribution in [0.5, 0.6) is 0 Å². The van der Waals surface area contributed by atoms with Crippen LogP contribution in [0.2, 0.25) is 0 Å². The Morgan fingerprint density at radius 3 is 2.00 bits per heavy atom. The highest BCUT2D eigenvalue weighted by Crippen LogP contribution is 1.78. The Labute approximate surface area is 48.5 Å². The lowest BCUT2D eigenvalue weighted by atomic mass is 10.7. The molecular weight excluding hydrogens is 122 g/mol. The molecule has 0 aliphatic carbocycles. The van der Waals surface area contributed by atoms with Crippen molar-refractivity contribution in [2.24, 2.45) is 5.73 Å². The van der Waals surface area contributed by atoms with E-state index in [1.165, 1.54) is 0 Å². The van der Waals surface area contributed by atoms with Gasteiger partial charge in [0, 0.05) is 6.54 Å². The predicted octanol–water partition coefficient (Wildman–Crippen LogP) is -0.385. The molecule has 0 aromatic rings. The molecule has 0 amide bonds. The third kappa shape index (κ3) is 8.82. The van der Waals surface area contributed by atoms with Crippen molar-refractivity contribution in [1.29, 1.82) is 0 Å².